The van der Waals surface area contributed by atoms with Crippen LogP contribution in [0.5, 0.6) is 11.5 Å². The van der Waals surface area contributed by atoms with Gasteiger partial charge in [0, 0.05) is 24.2 Å². The van der Waals surface area contributed by atoms with Crippen LogP contribution in [0.2, 0.25) is 0 Å². The molecule has 0 aliphatic rings. The van der Waals surface area contributed by atoms with E-state index in [-0.39, 0.29) is 36.0 Å². The van der Waals surface area contributed by atoms with Crippen molar-refractivity contribution in [2.45, 2.75) is 156 Å². The number of aliphatic carboxylic acids is 1. The summed E-state index contributed by atoms with van der Waals surface area (Å²) in [4.78, 5) is 25.8. The number of carboxylic acid groups (broad SMARTS) is 1. The number of unbranched alkanes of at least 4 members (excludes halogenated alkanes) is 2. The van der Waals surface area contributed by atoms with E-state index in [0.717, 1.165) is 39.8 Å². The number of carboxylic acids is 1. The molecule has 0 aromatic heterocycles. The summed E-state index contributed by atoms with van der Waals surface area (Å²) in [6.07, 6.45) is 1.98. The number of aryl methyl sites for hydroxylation is 1. The molecule has 2 atom stereocenters. The van der Waals surface area contributed by atoms with Gasteiger partial charge in [0.05, 0.1) is 12.0 Å². The molecule has 0 aliphatic carbocycles. The Balaban J connectivity index is 2.73. The number of esters is 1. The Kier molecular flexibility index (Phi) is 13.3. The first-order valence-electron chi connectivity index (χ1n) is 17.1. The number of benzene rings is 2. The summed E-state index contributed by atoms with van der Waals surface area (Å²) in [5.41, 5.74) is 3.34. The van der Waals surface area contributed by atoms with Crippen LogP contribution in [0.25, 0.3) is 0 Å². The molecule has 0 radical (unpaired) electrons. The molecule has 2 rings (SSSR count). The highest BCUT2D eigenvalue weighted by Gasteiger charge is 2.35. The molecule has 4 N–H and O–H groups in total. The summed E-state index contributed by atoms with van der Waals surface area (Å²) >= 11 is 0. The number of ether oxygens (including phenoxy) is 1. The van der Waals surface area contributed by atoms with Crippen molar-refractivity contribution in [1.82, 2.24) is 0 Å². The van der Waals surface area contributed by atoms with Crippen molar-refractivity contribution in [3.05, 3.63) is 57.6 Å². The Labute approximate surface area is 283 Å². The maximum Gasteiger partial charge on any atom is 0.317 e. The predicted molar refractivity (Wildman–Crippen MR) is 190 cm³/mol. The molecule has 0 spiro atoms. The molecule has 0 heterocycles. The van der Waals surface area contributed by atoms with E-state index in [4.69, 9.17) is 4.74 Å². The van der Waals surface area contributed by atoms with Gasteiger partial charge in [0.2, 0.25) is 0 Å². The summed E-state index contributed by atoms with van der Waals surface area (Å²) < 4.78 is 6.41. The average Bonchev–Trinajstić information content (AvgIpc) is 2.91. The van der Waals surface area contributed by atoms with Gasteiger partial charge in [0.25, 0.3) is 0 Å². The second-order valence-corrected chi connectivity index (χ2v) is 17.3. The van der Waals surface area contributed by atoms with Gasteiger partial charge >= 0.3 is 11.9 Å². The van der Waals surface area contributed by atoms with Crippen molar-refractivity contribution in [2.75, 3.05) is 6.61 Å². The second kappa shape index (κ2) is 15.5. The van der Waals surface area contributed by atoms with E-state index in [1.807, 2.05) is 107 Å². The van der Waals surface area contributed by atoms with Crippen LogP contribution in [-0.4, -0.2) is 45.1 Å². The highest BCUT2D eigenvalue weighted by molar-refractivity contribution is 5.77. The minimum Gasteiger partial charge on any atom is -0.507 e. The second-order valence-electron chi connectivity index (χ2n) is 17.3. The Bertz CT molecular complexity index is 1310. The van der Waals surface area contributed by atoms with E-state index in [1.54, 1.807) is 0 Å². The van der Waals surface area contributed by atoms with Crippen molar-refractivity contribution < 1.29 is 34.8 Å². The summed E-state index contributed by atoms with van der Waals surface area (Å²) in [5.74, 6) is -1.57. The fourth-order valence-corrected chi connectivity index (χ4v) is 5.91. The molecule has 47 heavy (non-hydrogen) atoms. The minimum absolute atomic E-state index is 0.00339. The molecule has 0 saturated heterocycles. The molecule has 2 unspecified atom stereocenters. The minimum atomic E-state index is -0.989. The molecule has 0 saturated carbocycles. The van der Waals surface area contributed by atoms with Crippen molar-refractivity contribution in [3.8, 4) is 11.5 Å². The van der Waals surface area contributed by atoms with Crippen molar-refractivity contribution in [1.29, 1.82) is 0 Å². The number of phenols is 1. The molecule has 0 amide bonds. The number of aliphatic hydroxyl groups is 2. The van der Waals surface area contributed by atoms with Crippen LogP contribution in [0.4, 0.5) is 0 Å². The fourth-order valence-electron chi connectivity index (χ4n) is 5.91. The number of carbonyl (C=O) groups is 2. The number of phenolic OH excluding ortho intramolecular Hbond substituents is 1. The lowest BCUT2D eigenvalue weighted by Crippen LogP contribution is -2.35. The van der Waals surface area contributed by atoms with E-state index in [9.17, 15) is 30.0 Å². The first-order chi connectivity index (χ1) is 21.4. The van der Waals surface area contributed by atoms with Crippen LogP contribution in [0.15, 0.2) is 24.3 Å². The average molecular weight is 655 g/mol. The number of hydrogen-bond donors (Lipinski definition) is 4. The van der Waals surface area contributed by atoms with Crippen molar-refractivity contribution in [3.63, 3.8) is 0 Å². The summed E-state index contributed by atoms with van der Waals surface area (Å²) in [7, 11) is 0. The number of rotatable bonds is 13. The number of aliphatic hydroxyl groups excluding tert-OH is 2. The smallest absolute Gasteiger partial charge is 0.317 e. The molecule has 7 nitrogen and oxygen atoms in total. The highest BCUT2D eigenvalue weighted by atomic mass is 16.5. The zero-order valence-corrected chi connectivity index (χ0v) is 31.1. The lowest BCUT2D eigenvalue weighted by Gasteiger charge is -2.32. The molecule has 0 bridgehead atoms. The third kappa shape index (κ3) is 11.3. The van der Waals surface area contributed by atoms with Crippen LogP contribution in [0, 0.1) is 5.92 Å². The molecule has 0 fully saturated rings. The Morgan fingerprint density at radius 2 is 1.15 bits per heavy atom. The van der Waals surface area contributed by atoms with Crippen molar-refractivity contribution in [2.24, 2.45) is 5.92 Å². The monoisotopic (exact) mass is 654 g/mol. The van der Waals surface area contributed by atoms with Crippen LogP contribution < -0.4 is 4.74 Å². The Morgan fingerprint density at radius 3 is 1.55 bits per heavy atom. The first-order valence-corrected chi connectivity index (χ1v) is 17.1. The lowest BCUT2D eigenvalue weighted by molar-refractivity contribution is -0.143. The standard InChI is InChI=1S/C40H62O7/c1-37(2,3)28-23-26(24-29(34(28)45)38(4,5)6)20-27(32(42)16-14-13-15-19-41)36(46)47-35-30(39(7,8)9)21-25(17-18-33(43)44)22-31(35)40(10,11)12/h21-24,27,32,41-42,45H,13-20H2,1-12H3,(H,43,44). The normalized spacial score (nSPS) is 14.2. The molecule has 2 aromatic carbocycles. The van der Waals surface area contributed by atoms with Gasteiger partial charge in [-0.05, 0) is 69.6 Å². The molecular formula is C40H62O7. The molecular weight excluding hydrogens is 592 g/mol. The van der Waals surface area contributed by atoms with E-state index >= 15 is 0 Å². The maximum absolute atomic E-state index is 14.4. The number of aromatic hydroxyl groups is 1. The van der Waals surface area contributed by atoms with Crippen LogP contribution in [-0.2, 0) is 44.1 Å². The third-order valence-corrected chi connectivity index (χ3v) is 8.76. The third-order valence-electron chi connectivity index (χ3n) is 8.76. The van der Waals surface area contributed by atoms with E-state index < -0.39 is 34.8 Å². The largest absolute Gasteiger partial charge is 0.507 e. The van der Waals surface area contributed by atoms with Gasteiger partial charge < -0.3 is 25.2 Å². The van der Waals surface area contributed by atoms with Gasteiger partial charge in [-0.3, -0.25) is 9.59 Å². The van der Waals surface area contributed by atoms with Crippen LogP contribution in [0.3, 0.4) is 0 Å². The summed E-state index contributed by atoms with van der Waals surface area (Å²) in [5, 5.41) is 41.5. The Morgan fingerprint density at radius 1 is 0.702 bits per heavy atom. The van der Waals surface area contributed by atoms with E-state index in [1.165, 1.54) is 0 Å². The zero-order valence-electron chi connectivity index (χ0n) is 31.1. The quantitative estimate of drug-likeness (QED) is 0.0973. The van der Waals surface area contributed by atoms with Gasteiger partial charge in [0.1, 0.15) is 11.5 Å². The number of carbonyl (C=O) groups excluding carboxylic acids is 1. The van der Waals surface area contributed by atoms with Crippen LogP contribution in [0.1, 0.15) is 149 Å². The molecule has 7 heteroatoms. The van der Waals surface area contributed by atoms with E-state index in [2.05, 4.69) is 0 Å². The molecule has 2 aromatic rings. The van der Waals surface area contributed by atoms with Gasteiger partial charge in [-0.25, -0.2) is 0 Å². The van der Waals surface area contributed by atoms with E-state index in [0.29, 0.717) is 31.4 Å². The predicted octanol–water partition coefficient (Wildman–Crippen LogP) is 8.28. The number of hydrogen-bond acceptors (Lipinski definition) is 6. The van der Waals surface area contributed by atoms with Crippen molar-refractivity contribution >= 4 is 11.9 Å². The summed E-state index contributed by atoms with van der Waals surface area (Å²) in [6, 6.07) is 7.79. The highest BCUT2D eigenvalue weighted by Crippen LogP contribution is 2.43. The molecule has 264 valence electrons. The van der Waals surface area contributed by atoms with Gasteiger partial charge in [0.15, 0.2) is 0 Å². The van der Waals surface area contributed by atoms with Crippen LogP contribution >= 0.6 is 0 Å². The fraction of sp³-hybridized carbons (Fsp3) is 0.650. The first kappa shape index (κ1) is 40.3. The SMILES string of the molecule is CC(C)(C)c1cc(CC(C(=O)Oc2c(C(C)(C)C)cc(CCC(=O)O)cc2C(C)(C)C)C(O)CCCCCO)cc(C(C)(C)C)c1O. The lowest BCUT2D eigenvalue weighted by atomic mass is 9.77. The summed E-state index contributed by atoms with van der Waals surface area (Å²) in [6.45, 7) is 24.6. The maximum atomic E-state index is 14.4. The van der Waals surface area contributed by atoms with Gasteiger partial charge in [-0.15, -0.1) is 0 Å². The topological polar surface area (TPSA) is 124 Å². The van der Waals surface area contributed by atoms with Gasteiger partial charge in [-0.2, -0.15) is 0 Å². The molecule has 0 aliphatic heterocycles. The van der Waals surface area contributed by atoms with Gasteiger partial charge in [-0.1, -0.05) is 120 Å². The Hall–Kier alpha value is -2.90. The zero-order chi connectivity index (χ0) is 36.1.